The predicted molar refractivity (Wildman–Crippen MR) is 118 cm³/mol. The van der Waals surface area contributed by atoms with E-state index >= 15 is 0 Å². The van der Waals surface area contributed by atoms with Crippen LogP contribution in [0.4, 0.5) is 5.82 Å². The molecule has 0 aliphatic rings. The molecule has 0 unspecified atom stereocenters. The van der Waals surface area contributed by atoms with E-state index in [0.29, 0.717) is 24.7 Å². The number of pyridine rings is 1. The SMILES string of the molecule is CN=C(NCCC(=O)Nc1cccc(C)n1)NCCc1ncc(C)s1.I. The van der Waals surface area contributed by atoms with Crippen molar-refractivity contribution in [2.45, 2.75) is 26.7 Å². The molecule has 3 N–H and O–H groups in total. The highest BCUT2D eigenvalue weighted by Crippen LogP contribution is 2.10. The normalized spacial score (nSPS) is 10.8. The third kappa shape index (κ3) is 8.09. The summed E-state index contributed by atoms with van der Waals surface area (Å²) in [6, 6.07) is 5.53. The smallest absolute Gasteiger partial charge is 0.227 e. The Morgan fingerprint density at radius 1 is 1.23 bits per heavy atom. The van der Waals surface area contributed by atoms with Gasteiger partial charge in [0, 0.05) is 49.7 Å². The van der Waals surface area contributed by atoms with Crippen LogP contribution in [-0.4, -0.2) is 42.0 Å². The maximum Gasteiger partial charge on any atom is 0.227 e. The van der Waals surface area contributed by atoms with Gasteiger partial charge >= 0.3 is 0 Å². The van der Waals surface area contributed by atoms with Gasteiger partial charge in [-0.25, -0.2) is 9.97 Å². The van der Waals surface area contributed by atoms with Gasteiger partial charge < -0.3 is 16.0 Å². The molecule has 0 fully saturated rings. The number of nitrogens with one attached hydrogen (secondary N) is 3. The fraction of sp³-hybridized carbons (Fsp3) is 0.412. The first kappa shape index (κ1) is 22.3. The summed E-state index contributed by atoms with van der Waals surface area (Å²) in [6.07, 6.45) is 3.06. The number of guanidine groups is 1. The Bertz CT molecular complexity index is 734. The topological polar surface area (TPSA) is 91.3 Å². The van der Waals surface area contributed by atoms with Gasteiger partial charge in [-0.3, -0.25) is 9.79 Å². The highest BCUT2D eigenvalue weighted by Gasteiger charge is 2.05. The highest BCUT2D eigenvalue weighted by atomic mass is 127. The van der Waals surface area contributed by atoms with Crippen LogP contribution in [0.2, 0.25) is 0 Å². The lowest BCUT2D eigenvalue weighted by molar-refractivity contribution is -0.116. The van der Waals surface area contributed by atoms with Crippen LogP contribution in [0.1, 0.15) is 22.0 Å². The number of aromatic nitrogens is 2. The largest absolute Gasteiger partial charge is 0.356 e. The van der Waals surface area contributed by atoms with Gasteiger partial charge in [0.2, 0.25) is 5.91 Å². The van der Waals surface area contributed by atoms with Crippen molar-refractivity contribution in [3.05, 3.63) is 40.0 Å². The van der Waals surface area contributed by atoms with E-state index in [9.17, 15) is 4.79 Å². The van der Waals surface area contributed by atoms with E-state index < -0.39 is 0 Å². The molecule has 9 heteroatoms. The maximum absolute atomic E-state index is 11.9. The fourth-order valence-electron chi connectivity index (χ4n) is 2.14. The molecular formula is C17H25IN6OS. The van der Waals surface area contributed by atoms with Gasteiger partial charge in [0.1, 0.15) is 5.82 Å². The number of hydrogen-bond donors (Lipinski definition) is 3. The van der Waals surface area contributed by atoms with Crippen molar-refractivity contribution in [2.24, 2.45) is 4.99 Å². The van der Waals surface area contributed by atoms with Crippen LogP contribution in [-0.2, 0) is 11.2 Å². The van der Waals surface area contributed by atoms with E-state index in [1.165, 1.54) is 4.88 Å². The number of aryl methyl sites for hydroxylation is 2. The molecule has 0 radical (unpaired) electrons. The standard InChI is InChI=1S/C17H24N6OS.HI/c1-12-5-4-6-14(22-12)23-15(24)7-9-19-17(18-3)20-10-8-16-21-11-13(2)25-16;/h4-6,11H,7-10H2,1-3H3,(H2,18,19,20)(H,22,23,24);1H. The third-order valence-electron chi connectivity index (χ3n) is 3.32. The molecule has 2 aromatic rings. The monoisotopic (exact) mass is 488 g/mol. The molecule has 2 rings (SSSR count). The Labute approximate surface area is 175 Å². The molecule has 2 heterocycles. The average molecular weight is 488 g/mol. The molecule has 2 aromatic heterocycles. The van der Waals surface area contributed by atoms with Crippen LogP contribution in [0, 0.1) is 13.8 Å². The number of rotatable bonds is 7. The summed E-state index contributed by atoms with van der Waals surface area (Å²) in [5.41, 5.74) is 0.871. The van der Waals surface area contributed by atoms with Gasteiger partial charge in [0.25, 0.3) is 0 Å². The van der Waals surface area contributed by atoms with E-state index in [4.69, 9.17) is 0 Å². The second kappa shape index (κ2) is 11.8. The maximum atomic E-state index is 11.9. The number of carbonyl (C=O) groups excluding carboxylic acids is 1. The molecule has 1 amide bonds. The molecule has 26 heavy (non-hydrogen) atoms. The fourth-order valence-corrected chi connectivity index (χ4v) is 2.92. The Balaban J connectivity index is 0.00000338. The lowest BCUT2D eigenvalue weighted by atomic mass is 10.3. The van der Waals surface area contributed by atoms with Gasteiger partial charge in [-0.2, -0.15) is 0 Å². The third-order valence-corrected chi connectivity index (χ3v) is 4.30. The minimum Gasteiger partial charge on any atom is -0.356 e. The first-order chi connectivity index (χ1) is 12.1. The van der Waals surface area contributed by atoms with E-state index in [0.717, 1.165) is 23.7 Å². The number of halogens is 1. The molecular weight excluding hydrogens is 463 g/mol. The van der Waals surface area contributed by atoms with Crippen molar-refractivity contribution < 1.29 is 4.79 Å². The van der Waals surface area contributed by atoms with Gasteiger partial charge in [0.15, 0.2) is 5.96 Å². The Hall–Kier alpha value is -1.75. The summed E-state index contributed by atoms with van der Waals surface area (Å²) < 4.78 is 0. The van der Waals surface area contributed by atoms with Gasteiger partial charge in [-0.1, -0.05) is 6.07 Å². The molecule has 7 nitrogen and oxygen atoms in total. The zero-order chi connectivity index (χ0) is 18.1. The van der Waals surface area contributed by atoms with Crippen LogP contribution < -0.4 is 16.0 Å². The van der Waals surface area contributed by atoms with Crippen molar-refractivity contribution in [2.75, 3.05) is 25.5 Å². The van der Waals surface area contributed by atoms with E-state index in [2.05, 4.69) is 30.9 Å². The summed E-state index contributed by atoms with van der Waals surface area (Å²) in [5, 5.41) is 10.2. The number of nitrogens with zero attached hydrogens (tertiary/aromatic N) is 3. The summed E-state index contributed by atoms with van der Waals surface area (Å²) in [6.45, 7) is 5.17. The molecule has 0 atom stereocenters. The van der Waals surface area contributed by atoms with Crippen LogP contribution in [0.5, 0.6) is 0 Å². The molecule has 0 aliphatic carbocycles. The second-order valence-corrected chi connectivity index (χ2v) is 6.82. The molecule has 0 spiro atoms. The van der Waals surface area contributed by atoms with Crippen LogP contribution in [0.3, 0.4) is 0 Å². The van der Waals surface area contributed by atoms with E-state index in [1.54, 1.807) is 24.5 Å². The number of amides is 1. The van der Waals surface area contributed by atoms with Crippen molar-refractivity contribution in [3.8, 4) is 0 Å². The number of carbonyl (C=O) groups is 1. The number of aliphatic imine (C=N–C) groups is 1. The molecule has 142 valence electrons. The predicted octanol–water partition coefficient (Wildman–Crippen LogP) is 2.51. The highest BCUT2D eigenvalue weighted by molar-refractivity contribution is 14.0. The summed E-state index contributed by atoms with van der Waals surface area (Å²) >= 11 is 1.70. The summed E-state index contributed by atoms with van der Waals surface area (Å²) in [4.78, 5) is 25.9. The average Bonchev–Trinajstić information content (AvgIpc) is 2.98. The Kier molecular flexibility index (Phi) is 10.1. The lowest BCUT2D eigenvalue weighted by Gasteiger charge is -2.11. The lowest BCUT2D eigenvalue weighted by Crippen LogP contribution is -2.39. The summed E-state index contributed by atoms with van der Waals surface area (Å²) in [5.74, 6) is 1.17. The molecule has 0 aromatic carbocycles. The molecule has 0 saturated heterocycles. The minimum absolute atomic E-state index is 0. The Morgan fingerprint density at radius 2 is 2.00 bits per heavy atom. The van der Waals surface area contributed by atoms with Gasteiger partial charge in [-0.05, 0) is 26.0 Å². The molecule has 0 aliphatic heterocycles. The van der Waals surface area contributed by atoms with Gasteiger partial charge in [0.05, 0.1) is 5.01 Å². The van der Waals surface area contributed by atoms with Gasteiger partial charge in [-0.15, -0.1) is 35.3 Å². The molecule has 0 bridgehead atoms. The van der Waals surface area contributed by atoms with E-state index in [-0.39, 0.29) is 29.9 Å². The quantitative estimate of drug-likeness (QED) is 0.317. The summed E-state index contributed by atoms with van der Waals surface area (Å²) in [7, 11) is 1.71. The Morgan fingerprint density at radius 3 is 2.65 bits per heavy atom. The van der Waals surface area contributed by atoms with Crippen LogP contribution in [0.15, 0.2) is 29.4 Å². The van der Waals surface area contributed by atoms with Crippen molar-refractivity contribution in [1.29, 1.82) is 0 Å². The number of anilines is 1. The minimum atomic E-state index is -0.0840. The van der Waals surface area contributed by atoms with Crippen molar-refractivity contribution in [1.82, 2.24) is 20.6 Å². The first-order valence-corrected chi connectivity index (χ1v) is 8.98. The van der Waals surface area contributed by atoms with Crippen LogP contribution >= 0.6 is 35.3 Å². The second-order valence-electron chi connectivity index (χ2n) is 5.50. The van der Waals surface area contributed by atoms with Crippen LogP contribution in [0.25, 0.3) is 0 Å². The first-order valence-electron chi connectivity index (χ1n) is 8.16. The number of thiazole rings is 1. The number of hydrogen-bond acceptors (Lipinski definition) is 5. The zero-order valence-corrected chi connectivity index (χ0v) is 18.4. The van der Waals surface area contributed by atoms with Crippen molar-refractivity contribution >= 4 is 53.0 Å². The molecule has 0 saturated carbocycles. The zero-order valence-electron chi connectivity index (χ0n) is 15.2. The van der Waals surface area contributed by atoms with E-state index in [1.807, 2.05) is 32.2 Å². The van der Waals surface area contributed by atoms with Crippen molar-refractivity contribution in [3.63, 3.8) is 0 Å².